The third-order valence-corrected chi connectivity index (χ3v) is 6.32. The lowest BCUT2D eigenvalue weighted by Crippen LogP contribution is -2.56. The van der Waals surface area contributed by atoms with Crippen LogP contribution in [0.2, 0.25) is 0 Å². The first-order chi connectivity index (χ1) is 13.5. The van der Waals surface area contributed by atoms with E-state index in [1.807, 2.05) is 18.2 Å². The van der Waals surface area contributed by atoms with Gasteiger partial charge in [0.15, 0.2) is 0 Å². The molecule has 0 aromatic heterocycles. The van der Waals surface area contributed by atoms with Crippen LogP contribution in [0.25, 0.3) is 0 Å². The quantitative estimate of drug-likeness (QED) is 0.716. The lowest BCUT2D eigenvalue weighted by Gasteiger charge is -2.47. The molecule has 5 heteroatoms. The summed E-state index contributed by atoms with van der Waals surface area (Å²) in [6.07, 6.45) is 5.09. The van der Waals surface area contributed by atoms with Gasteiger partial charge in [0.05, 0.1) is 20.6 Å². The van der Waals surface area contributed by atoms with Crippen molar-refractivity contribution in [2.45, 2.75) is 52.0 Å². The Labute approximate surface area is 170 Å². The molecular formula is C23H36N2O3. The van der Waals surface area contributed by atoms with E-state index in [1.54, 1.807) is 14.2 Å². The highest BCUT2D eigenvalue weighted by Crippen LogP contribution is 2.32. The maximum absolute atomic E-state index is 13.2. The monoisotopic (exact) mass is 388 g/mol. The van der Waals surface area contributed by atoms with Crippen LogP contribution in [0.3, 0.4) is 0 Å². The van der Waals surface area contributed by atoms with Crippen molar-refractivity contribution in [3.8, 4) is 11.5 Å². The van der Waals surface area contributed by atoms with Crippen LogP contribution >= 0.6 is 0 Å². The zero-order valence-corrected chi connectivity index (χ0v) is 17.9. The van der Waals surface area contributed by atoms with E-state index >= 15 is 0 Å². The fourth-order valence-electron chi connectivity index (χ4n) is 4.72. The minimum absolute atomic E-state index is 0.219. The predicted molar refractivity (Wildman–Crippen MR) is 112 cm³/mol. The molecule has 0 aliphatic carbocycles. The molecule has 0 unspecified atom stereocenters. The number of amides is 1. The van der Waals surface area contributed by atoms with Crippen LogP contribution in [-0.2, 0) is 11.2 Å². The molecule has 0 saturated carbocycles. The molecule has 2 aliphatic heterocycles. The Kier molecular flexibility index (Phi) is 7.22. The molecule has 2 fully saturated rings. The van der Waals surface area contributed by atoms with Crippen LogP contribution in [0.5, 0.6) is 11.5 Å². The number of carbonyl (C=O) groups excluding carboxylic acids is 1. The molecule has 5 nitrogen and oxygen atoms in total. The van der Waals surface area contributed by atoms with Crippen molar-refractivity contribution in [1.82, 2.24) is 9.80 Å². The van der Waals surface area contributed by atoms with Gasteiger partial charge in [-0.2, -0.15) is 0 Å². The Hall–Kier alpha value is -1.75. The molecular weight excluding hydrogens is 352 g/mol. The summed E-state index contributed by atoms with van der Waals surface area (Å²) in [6.45, 7) is 8.92. The summed E-state index contributed by atoms with van der Waals surface area (Å²) >= 11 is 0. The largest absolute Gasteiger partial charge is 0.497 e. The number of methoxy groups -OCH3 is 2. The van der Waals surface area contributed by atoms with E-state index in [9.17, 15) is 4.79 Å². The molecule has 0 radical (unpaired) electrons. The molecule has 1 aromatic carbocycles. The molecule has 2 saturated heterocycles. The van der Waals surface area contributed by atoms with Gasteiger partial charge in [-0.1, -0.05) is 13.8 Å². The minimum Gasteiger partial charge on any atom is -0.497 e. The first-order valence-corrected chi connectivity index (χ1v) is 10.7. The topological polar surface area (TPSA) is 42.0 Å². The first kappa shape index (κ1) is 21.0. The lowest BCUT2D eigenvalue weighted by molar-refractivity contribution is -0.137. The molecule has 1 aromatic rings. The zero-order chi connectivity index (χ0) is 20.1. The molecule has 1 amide bonds. The van der Waals surface area contributed by atoms with Gasteiger partial charge < -0.3 is 19.3 Å². The van der Waals surface area contributed by atoms with Crippen LogP contribution in [0.4, 0.5) is 0 Å². The molecule has 3 rings (SSSR count). The van der Waals surface area contributed by atoms with Gasteiger partial charge in [-0.05, 0) is 62.3 Å². The predicted octanol–water partition coefficient (Wildman–Crippen LogP) is 3.61. The SMILES string of the molecule is COc1ccc(OC)c(CC(=O)N2CCC[C@@H]3CN(CCC(C)C)CC[C@H]32)c1. The smallest absolute Gasteiger partial charge is 0.227 e. The third kappa shape index (κ3) is 4.99. The molecule has 2 aliphatic rings. The number of hydrogen-bond donors (Lipinski definition) is 0. The second-order valence-corrected chi connectivity index (χ2v) is 8.68. The first-order valence-electron chi connectivity index (χ1n) is 10.7. The standard InChI is InChI=1S/C23H36N2O3/c1-17(2)9-12-24-13-10-21-18(16-24)6-5-11-25(21)23(26)15-19-14-20(27-3)7-8-22(19)28-4/h7-8,14,17-18,21H,5-6,9-13,15-16H2,1-4H3/t18-,21-/m1/s1. The number of hydrogen-bond acceptors (Lipinski definition) is 4. The van der Waals surface area contributed by atoms with E-state index in [1.165, 1.54) is 19.4 Å². The van der Waals surface area contributed by atoms with Crippen molar-refractivity contribution in [1.29, 1.82) is 0 Å². The molecule has 28 heavy (non-hydrogen) atoms. The molecule has 156 valence electrons. The van der Waals surface area contributed by atoms with Crippen molar-refractivity contribution >= 4 is 5.91 Å². The summed E-state index contributed by atoms with van der Waals surface area (Å²) in [5, 5.41) is 0. The van der Waals surface area contributed by atoms with Crippen molar-refractivity contribution < 1.29 is 14.3 Å². The normalized spacial score (nSPS) is 22.8. The summed E-state index contributed by atoms with van der Waals surface area (Å²) in [4.78, 5) is 18.0. The van der Waals surface area contributed by atoms with E-state index in [0.29, 0.717) is 18.4 Å². The second kappa shape index (κ2) is 9.64. The number of rotatable bonds is 7. The van der Waals surface area contributed by atoms with Crippen LogP contribution in [0.15, 0.2) is 18.2 Å². The van der Waals surface area contributed by atoms with Gasteiger partial charge in [0, 0.05) is 31.2 Å². The Morgan fingerprint density at radius 3 is 2.71 bits per heavy atom. The Balaban J connectivity index is 1.65. The maximum atomic E-state index is 13.2. The number of likely N-dealkylation sites (tertiary alicyclic amines) is 2. The average Bonchev–Trinajstić information content (AvgIpc) is 2.71. The number of carbonyl (C=O) groups is 1. The van der Waals surface area contributed by atoms with Crippen LogP contribution < -0.4 is 9.47 Å². The van der Waals surface area contributed by atoms with Crippen molar-refractivity contribution in [2.75, 3.05) is 40.4 Å². The van der Waals surface area contributed by atoms with E-state index in [0.717, 1.165) is 55.5 Å². The maximum Gasteiger partial charge on any atom is 0.227 e. The second-order valence-electron chi connectivity index (χ2n) is 8.68. The van der Waals surface area contributed by atoms with Gasteiger partial charge in [0.2, 0.25) is 5.91 Å². The van der Waals surface area contributed by atoms with Gasteiger partial charge in [-0.25, -0.2) is 0 Å². The molecule has 2 atom stereocenters. The molecule has 0 spiro atoms. The van der Waals surface area contributed by atoms with E-state index in [2.05, 4.69) is 23.6 Å². The minimum atomic E-state index is 0.219. The van der Waals surface area contributed by atoms with Gasteiger partial charge in [0.25, 0.3) is 0 Å². The summed E-state index contributed by atoms with van der Waals surface area (Å²) in [5.74, 6) is 3.10. The van der Waals surface area contributed by atoms with Gasteiger partial charge in [-0.15, -0.1) is 0 Å². The van der Waals surface area contributed by atoms with Crippen LogP contribution in [0.1, 0.15) is 45.1 Å². The summed E-state index contributed by atoms with van der Waals surface area (Å²) in [5.41, 5.74) is 0.906. The summed E-state index contributed by atoms with van der Waals surface area (Å²) < 4.78 is 10.8. The average molecular weight is 389 g/mol. The number of ether oxygens (including phenoxy) is 2. The molecule has 2 heterocycles. The summed E-state index contributed by atoms with van der Waals surface area (Å²) in [6, 6.07) is 6.07. The van der Waals surface area contributed by atoms with Crippen LogP contribution in [-0.4, -0.2) is 62.1 Å². The fourth-order valence-corrected chi connectivity index (χ4v) is 4.72. The van der Waals surface area contributed by atoms with Crippen molar-refractivity contribution in [3.05, 3.63) is 23.8 Å². The highest BCUT2D eigenvalue weighted by Gasteiger charge is 2.37. The highest BCUT2D eigenvalue weighted by atomic mass is 16.5. The van der Waals surface area contributed by atoms with Gasteiger partial charge >= 0.3 is 0 Å². The van der Waals surface area contributed by atoms with Gasteiger partial charge in [0.1, 0.15) is 11.5 Å². The fraction of sp³-hybridized carbons (Fsp3) is 0.696. The Morgan fingerprint density at radius 1 is 1.18 bits per heavy atom. The number of benzene rings is 1. The Morgan fingerprint density at radius 2 is 2.00 bits per heavy atom. The van der Waals surface area contributed by atoms with Gasteiger partial charge in [-0.3, -0.25) is 4.79 Å². The van der Waals surface area contributed by atoms with Crippen LogP contribution in [0, 0.1) is 11.8 Å². The highest BCUT2D eigenvalue weighted by molar-refractivity contribution is 5.80. The van der Waals surface area contributed by atoms with E-state index in [4.69, 9.17) is 9.47 Å². The van der Waals surface area contributed by atoms with Crippen molar-refractivity contribution in [2.24, 2.45) is 11.8 Å². The zero-order valence-electron chi connectivity index (χ0n) is 17.9. The van der Waals surface area contributed by atoms with Crippen molar-refractivity contribution in [3.63, 3.8) is 0 Å². The number of piperidine rings is 2. The third-order valence-electron chi connectivity index (χ3n) is 6.32. The summed E-state index contributed by atoms with van der Waals surface area (Å²) in [7, 11) is 3.30. The Bertz CT molecular complexity index is 661. The molecule has 0 N–H and O–H groups in total. The van der Waals surface area contributed by atoms with E-state index < -0.39 is 0 Å². The number of nitrogens with zero attached hydrogens (tertiary/aromatic N) is 2. The van der Waals surface area contributed by atoms with E-state index in [-0.39, 0.29) is 5.91 Å². The lowest BCUT2D eigenvalue weighted by atomic mass is 9.83. The number of fused-ring (bicyclic) bond motifs is 1. The molecule has 0 bridgehead atoms.